The number of carbonyl (C=O) groups is 2. The summed E-state index contributed by atoms with van der Waals surface area (Å²) in [5.74, 6) is -0.370. The van der Waals surface area contributed by atoms with E-state index >= 15 is 0 Å². The van der Waals surface area contributed by atoms with Crippen LogP contribution >= 0.6 is 11.6 Å². The summed E-state index contributed by atoms with van der Waals surface area (Å²) in [6.07, 6.45) is 2.30. The van der Waals surface area contributed by atoms with Gasteiger partial charge in [0.2, 0.25) is 0 Å². The van der Waals surface area contributed by atoms with Gasteiger partial charge in [-0.25, -0.2) is 4.79 Å². The number of hydrogen-bond donors (Lipinski definition) is 2. The van der Waals surface area contributed by atoms with Crippen molar-refractivity contribution in [2.45, 2.75) is 12.8 Å². The van der Waals surface area contributed by atoms with E-state index in [1.165, 1.54) is 12.1 Å². The number of rotatable bonds is 5. The number of esters is 1. The predicted octanol–water partition coefficient (Wildman–Crippen LogP) is 1.61. The zero-order valence-electron chi connectivity index (χ0n) is 10.3. The van der Waals surface area contributed by atoms with Crippen LogP contribution in [-0.2, 0) is 9.53 Å². The maximum Gasteiger partial charge on any atom is 0.340 e. The molecule has 0 saturated heterocycles. The van der Waals surface area contributed by atoms with Gasteiger partial charge in [0.1, 0.15) is 0 Å². The first-order chi connectivity index (χ1) is 9.06. The molecule has 0 heterocycles. The lowest BCUT2D eigenvalue weighted by Gasteiger charge is -2.07. The van der Waals surface area contributed by atoms with Crippen molar-refractivity contribution >= 4 is 29.2 Å². The highest BCUT2D eigenvalue weighted by Crippen LogP contribution is 2.27. The van der Waals surface area contributed by atoms with Crippen molar-refractivity contribution < 1.29 is 14.3 Å². The van der Waals surface area contributed by atoms with Crippen LogP contribution in [0.15, 0.2) is 18.2 Å². The van der Waals surface area contributed by atoms with E-state index in [9.17, 15) is 9.59 Å². The summed E-state index contributed by atoms with van der Waals surface area (Å²) in [5.41, 5.74) is 6.08. The van der Waals surface area contributed by atoms with Crippen LogP contribution < -0.4 is 11.1 Å². The Balaban J connectivity index is 1.82. The molecule has 1 amide bonds. The molecule has 1 aromatic carbocycles. The third-order valence-corrected chi connectivity index (χ3v) is 3.09. The molecular weight excluding hydrogens is 268 g/mol. The number of anilines is 1. The first kappa shape index (κ1) is 13.7. The molecular formula is C13H15ClN2O3. The maximum absolute atomic E-state index is 11.7. The van der Waals surface area contributed by atoms with Crippen LogP contribution in [0.5, 0.6) is 0 Å². The molecule has 3 N–H and O–H groups in total. The molecule has 0 radical (unpaired) electrons. The second kappa shape index (κ2) is 5.93. The number of hydrogen-bond acceptors (Lipinski definition) is 4. The molecule has 1 aromatic rings. The lowest BCUT2D eigenvalue weighted by Crippen LogP contribution is -2.30. The second-order valence-corrected chi connectivity index (χ2v) is 4.99. The highest BCUT2D eigenvalue weighted by atomic mass is 35.5. The van der Waals surface area contributed by atoms with Crippen LogP contribution in [-0.4, -0.2) is 25.0 Å². The topological polar surface area (TPSA) is 81.4 Å². The molecule has 0 spiro atoms. The smallest absolute Gasteiger partial charge is 0.340 e. The molecule has 1 aliphatic rings. The average molecular weight is 283 g/mol. The summed E-state index contributed by atoms with van der Waals surface area (Å²) in [6, 6.07) is 4.52. The quantitative estimate of drug-likeness (QED) is 0.635. The Kier molecular flexibility index (Phi) is 4.27. The van der Waals surface area contributed by atoms with Crippen molar-refractivity contribution in [2.24, 2.45) is 5.92 Å². The molecule has 5 nitrogen and oxygen atoms in total. The van der Waals surface area contributed by atoms with E-state index in [-0.39, 0.29) is 23.8 Å². The molecule has 1 aliphatic carbocycles. The van der Waals surface area contributed by atoms with Gasteiger partial charge in [-0.15, -0.1) is 0 Å². The molecule has 0 atom stereocenters. The summed E-state index contributed by atoms with van der Waals surface area (Å²) in [6.45, 7) is 0.340. The zero-order valence-corrected chi connectivity index (χ0v) is 11.1. The van der Waals surface area contributed by atoms with E-state index in [0.29, 0.717) is 17.5 Å². The standard InChI is InChI=1S/C13H15ClN2O3/c14-9-3-4-11(15)10(5-9)13(18)19-7-12(17)16-6-8-1-2-8/h3-5,8H,1-2,6-7,15H2,(H,16,17). The Bertz CT molecular complexity index is 501. The van der Waals surface area contributed by atoms with Gasteiger partial charge in [-0.2, -0.15) is 0 Å². The van der Waals surface area contributed by atoms with Gasteiger partial charge in [0, 0.05) is 17.3 Å². The number of nitrogens with one attached hydrogen (secondary N) is 1. The summed E-state index contributed by atoms with van der Waals surface area (Å²) >= 11 is 5.77. The molecule has 0 aliphatic heterocycles. The fourth-order valence-corrected chi connectivity index (χ4v) is 1.72. The molecule has 0 aromatic heterocycles. The molecule has 19 heavy (non-hydrogen) atoms. The van der Waals surface area contributed by atoms with Gasteiger partial charge < -0.3 is 15.8 Å². The lowest BCUT2D eigenvalue weighted by molar-refractivity contribution is -0.124. The fraction of sp³-hybridized carbons (Fsp3) is 0.385. The Morgan fingerprint density at radius 1 is 1.42 bits per heavy atom. The minimum Gasteiger partial charge on any atom is -0.452 e. The van der Waals surface area contributed by atoms with E-state index in [1.54, 1.807) is 6.07 Å². The molecule has 2 rings (SSSR count). The Hall–Kier alpha value is -1.75. The van der Waals surface area contributed by atoms with Gasteiger partial charge in [0.05, 0.1) is 5.56 Å². The minimum atomic E-state index is -0.651. The van der Waals surface area contributed by atoms with E-state index in [0.717, 1.165) is 12.8 Å². The van der Waals surface area contributed by atoms with Crippen LogP contribution in [0.3, 0.4) is 0 Å². The summed E-state index contributed by atoms with van der Waals surface area (Å²) < 4.78 is 4.89. The van der Waals surface area contributed by atoms with Gasteiger partial charge in [0.15, 0.2) is 6.61 Å². The first-order valence-electron chi connectivity index (χ1n) is 6.05. The van der Waals surface area contributed by atoms with Crippen LogP contribution in [0.4, 0.5) is 5.69 Å². The number of carbonyl (C=O) groups excluding carboxylic acids is 2. The summed E-state index contributed by atoms with van der Waals surface area (Å²) in [5, 5.41) is 3.09. The van der Waals surface area contributed by atoms with Gasteiger partial charge in [-0.1, -0.05) is 11.6 Å². The van der Waals surface area contributed by atoms with Crippen LogP contribution in [0.1, 0.15) is 23.2 Å². The fourth-order valence-electron chi connectivity index (χ4n) is 1.55. The Morgan fingerprint density at radius 2 is 2.16 bits per heavy atom. The van der Waals surface area contributed by atoms with Crippen LogP contribution in [0.25, 0.3) is 0 Å². The van der Waals surface area contributed by atoms with E-state index in [1.807, 2.05) is 0 Å². The number of benzene rings is 1. The highest BCUT2D eigenvalue weighted by molar-refractivity contribution is 6.31. The van der Waals surface area contributed by atoms with Gasteiger partial charge in [-0.3, -0.25) is 4.79 Å². The van der Waals surface area contributed by atoms with E-state index in [2.05, 4.69) is 5.32 Å². The second-order valence-electron chi connectivity index (χ2n) is 4.56. The first-order valence-corrected chi connectivity index (χ1v) is 6.43. The number of halogens is 1. The number of ether oxygens (including phenoxy) is 1. The SMILES string of the molecule is Nc1ccc(Cl)cc1C(=O)OCC(=O)NCC1CC1. The normalized spacial score (nSPS) is 13.9. The molecule has 0 unspecified atom stereocenters. The van der Waals surface area contributed by atoms with Crippen molar-refractivity contribution in [1.29, 1.82) is 0 Å². The van der Waals surface area contributed by atoms with Crippen molar-refractivity contribution in [2.75, 3.05) is 18.9 Å². The largest absolute Gasteiger partial charge is 0.452 e. The van der Waals surface area contributed by atoms with Gasteiger partial charge >= 0.3 is 5.97 Å². The monoisotopic (exact) mass is 282 g/mol. The zero-order chi connectivity index (χ0) is 13.8. The van der Waals surface area contributed by atoms with Gasteiger partial charge in [0.25, 0.3) is 5.91 Å². The Labute approximate surface area is 116 Å². The van der Waals surface area contributed by atoms with Gasteiger partial charge in [-0.05, 0) is 37.0 Å². The van der Waals surface area contributed by atoms with Crippen molar-refractivity contribution in [3.05, 3.63) is 28.8 Å². The van der Waals surface area contributed by atoms with E-state index < -0.39 is 5.97 Å². The summed E-state index contributed by atoms with van der Waals surface area (Å²) in [4.78, 5) is 23.1. The van der Waals surface area contributed by atoms with Crippen molar-refractivity contribution in [1.82, 2.24) is 5.32 Å². The summed E-state index contributed by atoms with van der Waals surface area (Å²) in [7, 11) is 0. The lowest BCUT2D eigenvalue weighted by atomic mass is 10.2. The van der Waals surface area contributed by atoms with Crippen molar-refractivity contribution in [3.63, 3.8) is 0 Å². The number of nitrogens with two attached hydrogens (primary N) is 1. The molecule has 1 fully saturated rings. The van der Waals surface area contributed by atoms with Crippen LogP contribution in [0, 0.1) is 5.92 Å². The highest BCUT2D eigenvalue weighted by Gasteiger charge is 2.22. The third kappa shape index (κ3) is 4.13. The van der Waals surface area contributed by atoms with Crippen molar-refractivity contribution in [3.8, 4) is 0 Å². The Morgan fingerprint density at radius 3 is 2.84 bits per heavy atom. The molecule has 6 heteroatoms. The molecule has 102 valence electrons. The number of amides is 1. The molecule has 0 bridgehead atoms. The number of nitrogen functional groups attached to an aromatic ring is 1. The third-order valence-electron chi connectivity index (χ3n) is 2.85. The predicted molar refractivity (Wildman–Crippen MR) is 71.9 cm³/mol. The average Bonchev–Trinajstić information content (AvgIpc) is 3.20. The van der Waals surface area contributed by atoms with E-state index in [4.69, 9.17) is 22.1 Å². The molecule has 1 saturated carbocycles. The minimum absolute atomic E-state index is 0.169. The maximum atomic E-state index is 11.7. The van der Waals surface area contributed by atoms with Crippen LogP contribution in [0.2, 0.25) is 5.02 Å².